The molecule has 7 heteroatoms. The Morgan fingerprint density at radius 3 is 1.30 bits per heavy atom. The molecule has 7 nitrogen and oxygen atoms in total. The number of hydrogen-bond acceptors (Lipinski definition) is 6. The van der Waals surface area contributed by atoms with Gasteiger partial charge in [-0.1, -0.05) is 193 Å². The Hall–Kier alpha value is -1.44. The summed E-state index contributed by atoms with van der Waals surface area (Å²) in [6.07, 6.45) is 37.3. The maximum atomic E-state index is 12.6. The Morgan fingerprint density at radius 1 is 0.553 bits per heavy atom. The van der Waals surface area contributed by atoms with Gasteiger partial charge >= 0.3 is 5.97 Å². The zero-order valence-electron chi connectivity index (χ0n) is 30.9. The van der Waals surface area contributed by atoms with Crippen molar-refractivity contribution in [3.8, 4) is 0 Å². The van der Waals surface area contributed by atoms with E-state index in [1.807, 2.05) is 6.08 Å². The van der Waals surface area contributed by atoms with Crippen molar-refractivity contribution < 1.29 is 29.6 Å². The first-order valence-electron chi connectivity index (χ1n) is 20.1. The number of rotatable bonds is 36. The SMILES string of the molecule is CCCCCCCCCCCCC/C=C/[C@H](O)[C@@H](COC(=O)C(O)O)NC(=O)CCCCCCCCCCCCCCCCCCC. The summed E-state index contributed by atoms with van der Waals surface area (Å²) in [5.41, 5.74) is 0. The zero-order chi connectivity index (χ0) is 34.6. The maximum absolute atomic E-state index is 12.6. The first-order valence-corrected chi connectivity index (χ1v) is 20.1. The minimum Gasteiger partial charge on any atom is -0.460 e. The van der Waals surface area contributed by atoms with Crippen molar-refractivity contribution in [3.05, 3.63) is 12.2 Å². The largest absolute Gasteiger partial charge is 0.460 e. The van der Waals surface area contributed by atoms with E-state index in [-0.39, 0.29) is 12.5 Å². The van der Waals surface area contributed by atoms with Crippen LogP contribution < -0.4 is 5.32 Å². The molecule has 0 saturated heterocycles. The smallest absolute Gasteiger partial charge is 0.363 e. The van der Waals surface area contributed by atoms with Crippen molar-refractivity contribution >= 4 is 11.9 Å². The number of hydrogen-bond donors (Lipinski definition) is 4. The van der Waals surface area contributed by atoms with E-state index in [1.165, 1.54) is 148 Å². The van der Waals surface area contributed by atoms with Crippen LogP contribution in [0, 0.1) is 0 Å². The first kappa shape index (κ1) is 45.6. The van der Waals surface area contributed by atoms with Crippen molar-refractivity contribution in [3.63, 3.8) is 0 Å². The molecule has 0 aromatic heterocycles. The normalized spacial score (nSPS) is 13.0. The summed E-state index contributed by atoms with van der Waals surface area (Å²) in [7, 11) is 0. The molecule has 0 aliphatic rings. The third-order valence-corrected chi connectivity index (χ3v) is 9.19. The molecule has 2 atom stereocenters. The van der Waals surface area contributed by atoms with Crippen LogP contribution in [0.1, 0.15) is 206 Å². The Labute approximate surface area is 290 Å². The van der Waals surface area contributed by atoms with Crippen molar-refractivity contribution in [1.82, 2.24) is 5.32 Å². The molecule has 0 aliphatic carbocycles. The van der Waals surface area contributed by atoms with E-state index in [2.05, 4.69) is 19.2 Å². The molecular weight excluding hydrogens is 590 g/mol. The lowest BCUT2D eigenvalue weighted by Crippen LogP contribution is -2.46. The van der Waals surface area contributed by atoms with Gasteiger partial charge in [-0.15, -0.1) is 0 Å². The van der Waals surface area contributed by atoms with Gasteiger partial charge in [0.25, 0.3) is 6.29 Å². The van der Waals surface area contributed by atoms with E-state index in [0.717, 1.165) is 38.5 Å². The van der Waals surface area contributed by atoms with Crippen LogP contribution in [-0.4, -0.2) is 52.2 Å². The number of allylic oxidation sites excluding steroid dienone is 1. The summed E-state index contributed by atoms with van der Waals surface area (Å²) in [4.78, 5) is 24.2. The molecule has 0 spiro atoms. The second-order valence-corrected chi connectivity index (χ2v) is 13.8. The molecule has 0 heterocycles. The molecular formula is C40H77NO6. The van der Waals surface area contributed by atoms with Crippen LogP contribution in [0.25, 0.3) is 0 Å². The highest BCUT2D eigenvalue weighted by molar-refractivity contribution is 5.76. The number of carbonyl (C=O) groups is 2. The molecule has 0 aromatic carbocycles. The Bertz CT molecular complexity index is 713. The Balaban J connectivity index is 4.04. The molecule has 0 radical (unpaired) electrons. The molecule has 0 aromatic rings. The van der Waals surface area contributed by atoms with E-state index in [0.29, 0.717) is 6.42 Å². The molecule has 0 unspecified atom stereocenters. The molecule has 0 aliphatic heterocycles. The number of esters is 1. The minimum absolute atomic E-state index is 0.200. The van der Waals surface area contributed by atoms with Gasteiger partial charge in [-0.3, -0.25) is 4.79 Å². The van der Waals surface area contributed by atoms with Crippen molar-refractivity contribution in [2.24, 2.45) is 0 Å². The van der Waals surface area contributed by atoms with Gasteiger partial charge in [0.2, 0.25) is 5.91 Å². The van der Waals surface area contributed by atoms with Crippen LogP contribution in [0.2, 0.25) is 0 Å². The van der Waals surface area contributed by atoms with E-state index >= 15 is 0 Å². The molecule has 0 saturated carbocycles. The topological polar surface area (TPSA) is 116 Å². The second-order valence-electron chi connectivity index (χ2n) is 13.8. The van der Waals surface area contributed by atoms with Gasteiger partial charge in [0.1, 0.15) is 6.61 Å². The van der Waals surface area contributed by atoms with E-state index in [9.17, 15) is 14.7 Å². The number of aliphatic hydroxyl groups is 3. The minimum atomic E-state index is -2.24. The van der Waals surface area contributed by atoms with Crippen LogP contribution in [0.3, 0.4) is 0 Å². The summed E-state index contributed by atoms with van der Waals surface area (Å²) in [5, 5.41) is 31.5. The third kappa shape index (κ3) is 32.9. The number of ether oxygens (including phenoxy) is 1. The van der Waals surface area contributed by atoms with Gasteiger partial charge < -0.3 is 25.4 Å². The van der Waals surface area contributed by atoms with Gasteiger partial charge in [-0.2, -0.15) is 0 Å². The van der Waals surface area contributed by atoms with Crippen LogP contribution in [0.15, 0.2) is 12.2 Å². The number of aliphatic hydroxyl groups excluding tert-OH is 2. The fourth-order valence-corrected chi connectivity index (χ4v) is 6.06. The highest BCUT2D eigenvalue weighted by atomic mass is 16.6. The summed E-state index contributed by atoms with van der Waals surface area (Å²) in [6.45, 7) is 4.19. The Morgan fingerprint density at radius 2 is 0.915 bits per heavy atom. The van der Waals surface area contributed by atoms with E-state index in [4.69, 9.17) is 14.9 Å². The standard InChI is InChI=1S/C40H77NO6/c1-3-5-7-9-11-13-15-17-18-19-20-22-24-26-28-30-32-34-38(43)41-36(35-47-40(46)39(44)45)37(42)33-31-29-27-25-23-21-16-14-12-10-8-6-4-2/h31,33,36-37,39,42,44-45H,3-30,32,34-35H2,1-2H3,(H,41,43)/b33-31+/t36-,37+/m1/s1. The molecule has 0 bridgehead atoms. The van der Waals surface area contributed by atoms with Gasteiger partial charge in [-0.25, -0.2) is 4.79 Å². The summed E-state index contributed by atoms with van der Waals surface area (Å²) in [5.74, 6) is -1.40. The van der Waals surface area contributed by atoms with Gasteiger partial charge in [-0.05, 0) is 19.3 Å². The van der Waals surface area contributed by atoms with Crippen molar-refractivity contribution in [2.75, 3.05) is 6.61 Å². The van der Waals surface area contributed by atoms with Crippen LogP contribution in [0.4, 0.5) is 0 Å². The lowest BCUT2D eigenvalue weighted by molar-refractivity contribution is -0.174. The summed E-state index contributed by atoms with van der Waals surface area (Å²) >= 11 is 0. The lowest BCUT2D eigenvalue weighted by Gasteiger charge is -2.22. The molecule has 0 rings (SSSR count). The van der Waals surface area contributed by atoms with Gasteiger partial charge in [0.15, 0.2) is 0 Å². The number of amides is 1. The van der Waals surface area contributed by atoms with Gasteiger partial charge in [0, 0.05) is 6.42 Å². The lowest BCUT2D eigenvalue weighted by atomic mass is 10.0. The fraction of sp³-hybridized carbons (Fsp3) is 0.900. The first-order chi connectivity index (χ1) is 22.9. The quantitative estimate of drug-likeness (QED) is 0.0229. The highest BCUT2D eigenvalue weighted by Gasteiger charge is 2.23. The Kier molecular flexibility index (Phi) is 34.8. The average molecular weight is 668 g/mol. The van der Waals surface area contributed by atoms with E-state index < -0.39 is 24.4 Å². The van der Waals surface area contributed by atoms with E-state index in [1.54, 1.807) is 6.08 Å². The molecule has 278 valence electrons. The predicted octanol–water partition coefficient (Wildman–Crippen LogP) is 9.98. The van der Waals surface area contributed by atoms with Crippen molar-refractivity contribution in [2.45, 2.75) is 225 Å². The van der Waals surface area contributed by atoms with Crippen LogP contribution >= 0.6 is 0 Å². The summed E-state index contributed by atoms with van der Waals surface area (Å²) in [6, 6.07) is -0.843. The van der Waals surface area contributed by atoms with Crippen LogP contribution in [-0.2, 0) is 14.3 Å². The van der Waals surface area contributed by atoms with Crippen LogP contribution in [0.5, 0.6) is 0 Å². The third-order valence-electron chi connectivity index (χ3n) is 9.19. The molecule has 1 amide bonds. The number of unbranched alkanes of at least 4 members (excludes halogenated alkanes) is 27. The highest BCUT2D eigenvalue weighted by Crippen LogP contribution is 2.15. The summed E-state index contributed by atoms with van der Waals surface area (Å²) < 4.78 is 4.90. The fourth-order valence-electron chi connectivity index (χ4n) is 6.06. The zero-order valence-corrected chi connectivity index (χ0v) is 30.9. The second kappa shape index (κ2) is 35.9. The number of nitrogens with one attached hydrogen (secondary N) is 1. The maximum Gasteiger partial charge on any atom is 0.363 e. The molecule has 0 fully saturated rings. The molecule has 4 N–H and O–H groups in total. The average Bonchev–Trinajstić information content (AvgIpc) is 3.06. The van der Waals surface area contributed by atoms with Crippen molar-refractivity contribution in [1.29, 1.82) is 0 Å². The predicted molar refractivity (Wildman–Crippen MR) is 196 cm³/mol. The monoisotopic (exact) mass is 668 g/mol. The number of carbonyl (C=O) groups excluding carboxylic acids is 2. The van der Waals surface area contributed by atoms with Gasteiger partial charge in [0.05, 0.1) is 12.1 Å². The molecule has 47 heavy (non-hydrogen) atoms.